The fraction of sp³-hybridized carbons (Fsp3) is 0.200. The standard InChI is InChI=1S/C15H16N2O2S/c16-14-7-4-8-15-13(14)9-10-17(15)20(18,19)11-12-5-2-1-3-6-12/h1-8H,9-11,16H2. The predicted molar refractivity (Wildman–Crippen MR) is 81.0 cm³/mol. The second-order valence-corrected chi connectivity index (χ2v) is 6.80. The number of nitrogens with zero attached hydrogens (tertiary/aromatic N) is 1. The SMILES string of the molecule is Nc1cccc2c1CCN2S(=O)(=O)Cc1ccccc1. The Balaban J connectivity index is 1.93. The van der Waals surface area contributed by atoms with Crippen LogP contribution in [0.2, 0.25) is 0 Å². The van der Waals surface area contributed by atoms with Gasteiger partial charge in [-0.15, -0.1) is 0 Å². The van der Waals surface area contributed by atoms with Gasteiger partial charge in [-0.25, -0.2) is 8.42 Å². The topological polar surface area (TPSA) is 63.4 Å². The van der Waals surface area contributed by atoms with E-state index < -0.39 is 10.0 Å². The first-order valence-corrected chi connectivity index (χ1v) is 8.10. The summed E-state index contributed by atoms with van der Waals surface area (Å²) < 4.78 is 26.6. The van der Waals surface area contributed by atoms with Gasteiger partial charge in [-0.3, -0.25) is 4.31 Å². The second kappa shape index (κ2) is 4.83. The summed E-state index contributed by atoms with van der Waals surface area (Å²) in [6.45, 7) is 0.471. The van der Waals surface area contributed by atoms with Crippen LogP contribution in [0.3, 0.4) is 0 Å². The Morgan fingerprint density at radius 1 is 1.05 bits per heavy atom. The number of anilines is 2. The fourth-order valence-electron chi connectivity index (χ4n) is 2.58. The van der Waals surface area contributed by atoms with E-state index in [0.29, 0.717) is 18.7 Å². The molecule has 2 N–H and O–H groups in total. The van der Waals surface area contributed by atoms with Gasteiger partial charge in [-0.05, 0) is 24.1 Å². The molecule has 1 heterocycles. The van der Waals surface area contributed by atoms with Gasteiger partial charge in [-0.2, -0.15) is 0 Å². The van der Waals surface area contributed by atoms with E-state index in [1.165, 1.54) is 4.31 Å². The van der Waals surface area contributed by atoms with Crippen molar-refractivity contribution in [3.05, 3.63) is 59.7 Å². The summed E-state index contributed by atoms with van der Waals surface area (Å²) in [6, 6.07) is 14.7. The van der Waals surface area contributed by atoms with Crippen LogP contribution in [0.4, 0.5) is 11.4 Å². The van der Waals surface area contributed by atoms with Crippen LogP contribution in [0.5, 0.6) is 0 Å². The van der Waals surface area contributed by atoms with Crippen molar-refractivity contribution in [3.8, 4) is 0 Å². The van der Waals surface area contributed by atoms with Crippen molar-refractivity contribution in [1.29, 1.82) is 0 Å². The summed E-state index contributed by atoms with van der Waals surface area (Å²) in [7, 11) is -3.37. The van der Waals surface area contributed by atoms with Gasteiger partial charge in [0.05, 0.1) is 11.4 Å². The summed E-state index contributed by atoms with van der Waals surface area (Å²) in [6.07, 6.45) is 0.677. The number of sulfonamides is 1. The molecule has 0 unspecified atom stereocenters. The average Bonchev–Trinajstić information content (AvgIpc) is 2.85. The first kappa shape index (κ1) is 13.0. The van der Waals surface area contributed by atoms with Crippen LogP contribution < -0.4 is 10.0 Å². The van der Waals surface area contributed by atoms with Crippen molar-refractivity contribution in [2.75, 3.05) is 16.6 Å². The minimum atomic E-state index is -3.37. The van der Waals surface area contributed by atoms with E-state index in [-0.39, 0.29) is 5.75 Å². The highest BCUT2D eigenvalue weighted by molar-refractivity contribution is 7.92. The maximum atomic E-state index is 12.6. The highest BCUT2D eigenvalue weighted by atomic mass is 32.2. The molecule has 4 nitrogen and oxygen atoms in total. The molecule has 0 aliphatic carbocycles. The molecule has 0 fully saturated rings. The second-order valence-electron chi connectivity index (χ2n) is 4.91. The van der Waals surface area contributed by atoms with E-state index in [4.69, 9.17) is 5.73 Å². The fourth-order valence-corrected chi connectivity index (χ4v) is 4.19. The van der Waals surface area contributed by atoms with Gasteiger partial charge in [0.15, 0.2) is 0 Å². The molecule has 1 aliphatic rings. The Morgan fingerprint density at radius 2 is 1.80 bits per heavy atom. The maximum Gasteiger partial charge on any atom is 0.239 e. The monoisotopic (exact) mass is 288 g/mol. The molecule has 3 rings (SSSR count). The Morgan fingerprint density at radius 3 is 2.55 bits per heavy atom. The summed E-state index contributed by atoms with van der Waals surface area (Å²) >= 11 is 0. The van der Waals surface area contributed by atoms with Crippen LogP contribution in [-0.4, -0.2) is 15.0 Å². The summed E-state index contributed by atoms with van der Waals surface area (Å²) in [5, 5.41) is 0. The number of nitrogen functional groups attached to an aromatic ring is 1. The number of nitrogens with two attached hydrogens (primary N) is 1. The van der Waals surface area contributed by atoms with Gasteiger partial charge in [0.1, 0.15) is 0 Å². The molecule has 0 saturated heterocycles. The van der Waals surface area contributed by atoms with E-state index >= 15 is 0 Å². The molecule has 0 spiro atoms. The third-order valence-electron chi connectivity index (χ3n) is 3.55. The number of hydrogen-bond acceptors (Lipinski definition) is 3. The molecule has 2 aromatic carbocycles. The van der Waals surface area contributed by atoms with Gasteiger partial charge in [0.25, 0.3) is 0 Å². The predicted octanol–water partition coefficient (Wildman–Crippen LogP) is 2.16. The first-order chi connectivity index (χ1) is 9.58. The third kappa shape index (κ3) is 2.25. The number of benzene rings is 2. The van der Waals surface area contributed by atoms with Gasteiger partial charge in [-0.1, -0.05) is 36.4 Å². The molecule has 0 bridgehead atoms. The van der Waals surface area contributed by atoms with Gasteiger partial charge < -0.3 is 5.73 Å². The maximum absolute atomic E-state index is 12.6. The zero-order chi connectivity index (χ0) is 14.2. The van der Waals surface area contributed by atoms with Crippen LogP contribution in [0, 0.1) is 0 Å². The van der Waals surface area contributed by atoms with Crippen molar-refractivity contribution >= 4 is 21.4 Å². The Bertz CT molecular complexity index is 727. The third-order valence-corrected chi connectivity index (χ3v) is 5.30. The first-order valence-electron chi connectivity index (χ1n) is 6.49. The van der Waals surface area contributed by atoms with Gasteiger partial charge in [0.2, 0.25) is 10.0 Å². The molecule has 0 amide bonds. The molecule has 0 aromatic heterocycles. The summed E-state index contributed by atoms with van der Waals surface area (Å²) in [5.41, 5.74) is 9.03. The van der Waals surface area contributed by atoms with Gasteiger partial charge in [0, 0.05) is 17.8 Å². The molecule has 5 heteroatoms. The van der Waals surface area contributed by atoms with Crippen LogP contribution in [0.15, 0.2) is 48.5 Å². The molecule has 104 valence electrons. The number of hydrogen-bond donors (Lipinski definition) is 1. The van der Waals surface area contributed by atoms with E-state index in [9.17, 15) is 8.42 Å². The van der Waals surface area contributed by atoms with Gasteiger partial charge >= 0.3 is 0 Å². The van der Waals surface area contributed by atoms with Crippen LogP contribution >= 0.6 is 0 Å². The lowest BCUT2D eigenvalue weighted by molar-refractivity contribution is 0.591. The smallest absolute Gasteiger partial charge is 0.239 e. The zero-order valence-electron chi connectivity index (χ0n) is 11.0. The minimum absolute atomic E-state index is 0.0160. The average molecular weight is 288 g/mol. The van der Waals surface area contributed by atoms with Crippen molar-refractivity contribution in [1.82, 2.24) is 0 Å². The molecule has 0 atom stereocenters. The Labute approximate surface area is 118 Å². The molecule has 0 radical (unpaired) electrons. The van der Waals surface area contributed by atoms with Crippen molar-refractivity contribution in [2.24, 2.45) is 0 Å². The normalized spacial score (nSPS) is 14.3. The lowest BCUT2D eigenvalue weighted by atomic mass is 10.1. The largest absolute Gasteiger partial charge is 0.398 e. The summed E-state index contributed by atoms with van der Waals surface area (Å²) in [5.74, 6) is 0.0160. The van der Waals surface area contributed by atoms with E-state index in [1.807, 2.05) is 42.5 Å². The Hall–Kier alpha value is -2.01. The van der Waals surface area contributed by atoms with Crippen molar-refractivity contribution < 1.29 is 8.42 Å². The van der Waals surface area contributed by atoms with E-state index in [1.54, 1.807) is 6.07 Å². The van der Waals surface area contributed by atoms with Crippen LogP contribution in [0.25, 0.3) is 0 Å². The summed E-state index contributed by atoms with van der Waals surface area (Å²) in [4.78, 5) is 0. The zero-order valence-corrected chi connectivity index (χ0v) is 11.8. The lowest BCUT2D eigenvalue weighted by Gasteiger charge is -2.19. The number of fused-ring (bicyclic) bond motifs is 1. The lowest BCUT2D eigenvalue weighted by Crippen LogP contribution is -2.30. The molecular weight excluding hydrogens is 272 g/mol. The Kier molecular flexibility index (Phi) is 3.14. The molecule has 2 aromatic rings. The van der Waals surface area contributed by atoms with Crippen LogP contribution in [-0.2, 0) is 22.2 Å². The highest BCUT2D eigenvalue weighted by Gasteiger charge is 2.30. The van der Waals surface area contributed by atoms with E-state index in [2.05, 4.69) is 0 Å². The molecule has 1 aliphatic heterocycles. The number of rotatable bonds is 3. The minimum Gasteiger partial charge on any atom is -0.398 e. The molecular formula is C15H16N2O2S. The van der Waals surface area contributed by atoms with Crippen molar-refractivity contribution in [2.45, 2.75) is 12.2 Å². The molecule has 20 heavy (non-hydrogen) atoms. The highest BCUT2D eigenvalue weighted by Crippen LogP contribution is 2.34. The van der Waals surface area contributed by atoms with Crippen molar-refractivity contribution in [3.63, 3.8) is 0 Å². The van der Waals surface area contributed by atoms with E-state index in [0.717, 1.165) is 16.8 Å². The quantitative estimate of drug-likeness (QED) is 0.880. The molecule has 0 saturated carbocycles. The van der Waals surface area contributed by atoms with Crippen LogP contribution in [0.1, 0.15) is 11.1 Å².